The average Bonchev–Trinajstić information content (AvgIpc) is 2.26. The van der Waals surface area contributed by atoms with Gasteiger partial charge in [-0.1, -0.05) is 6.07 Å². The van der Waals surface area contributed by atoms with Crippen LogP contribution < -0.4 is 10.9 Å². The Morgan fingerprint density at radius 3 is 2.65 bits per heavy atom. The van der Waals surface area contributed by atoms with Gasteiger partial charge in [0, 0.05) is 18.0 Å². The molecular weight excluding hydrogens is 235 g/mol. The summed E-state index contributed by atoms with van der Waals surface area (Å²) >= 11 is 0. The summed E-state index contributed by atoms with van der Waals surface area (Å²) in [4.78, 5) is 14.5. The third-order valence-corrected chi connectivity index (χ3v) is 1.68. The van der Waals surface area contributed by atoms with Crippen molar-refractivity contribution in [1.29, 1.82) is 0 Å². The van der Waals surface area contributed by atoms with Crippen LogP contribution in [0.5, 0.6) is 0 Å². The Morgan fingerprint density at radius 1 is 1.41 bits per heavy atom. The van der Waals surface area contributed by atoms with Crippen molar-refractivity contribution in [2.24, 2.45) is 0 Å². The van der Waals surface area contributed by atoms with E-state index in [4.69, 9.17) is 0 Å². The van der Waals surface area contributed by atoms with Crippen LogP contribution in [0.2, 0.25) is 0 Å². The summed E-state index contributed by atoms with van der Waals surface area (Å²) in [5, 5.41) is 0. The zero-order valence-electron chi connectivity index (χ0n) is 8.88. The van der Waals surface area contributed by atoms with Gasteiger partial charge in [-0.05, 0) is 19.1 Å². The molecule has 0 spiro atoms. The number of anilines is 1. The van der Waals surface area contributed by atoms with Crippen molar-refractivity contribution in [3.8, 4) is 0 Å². The van der Waals surface area contributed by atoms with Gasteiger partial charge in [0.1, 0.15) is 5.82 Å². The van der Waals surface area contributed by atoms with Crippen molar-refractivity contribution in [3.63, 3.8) is 0 Å². The minimum absolute atomic E-state index is 0.0398. The number of nitrogens with zero attached hydrogens (tertiary/aromatic N) is 1. The van der Waals surface area contributed by atoms with Gasteiger partial charge < -0.3 is 5.43 Å². The van der Waals surface area contributed by atoms with Crippen LogP contribution in [0.1, 0.15) is 6.92 Å². The summed E-state index contributed by atoms with van der Waals surface area (Å²) in [5.41, 5.74) is 5.02. The Balaban J connectivity index is 2.53. The van der Waals surface area contributed by atoms with Gasteiger partial charge in [-0.2, -0.15) is 13.2 Å². The van der Waals surface area contributed by atoms with Crippen molar-refractivity contribution in [1.82, 2.24) is 10.4 Å². The Hall–Kier alpha value is -2.05. The van der Waals surface area contributed by atoms with E-state index in [1.54, 1.807) is 18.2 Å². The number of aromatic nitrogens is 1. The zero-order chi connectivity index (χ0) is 12.9. The molecule has 1 rings (SSSR count). The molecule has 0 atom stereocenters. The minimum atomic E-state index is -4.85. The van der Waals surface area contributed by atoms with Gasteiger partial charge in [0.2, 0.25) is 0 Å². The highest BCUT2D eigenvalue weighted by atomic mass is 19.4. The number of rotatable bonds is 4. The van der Waals surface area contributed by atoms with E-state index in [0.29, 0.717) is 11.9 Å². The number of halogens is 3. The predicted molar refractivity (Wildman–Crippen MR) is 55.8 cm³/mol. The van der Waals surface area contributed by atoms with E-state index in [1.165, 1.54) is 13.1 Å². The molecule has 0 saturated carbocycles. The van der Waals surface area contributed by atoms with E-state index in [1.807, 2.05) is 0 Å². The van der Waals surface area contributed by atoms with Crippen LogP contribution in [0, 0.1) is 0 Å². The average molecular weight is 245 g/mol. The number of hydrogen-bond donors (Lipinski definition) is 2. The summed E-state index contributed by atoms with van der Waals surface area (Å²) in [6.45, 7) is 1.33. The number of hydrazine groups is 1. The van der Waals surface area contributed by atoms with Crippen LogP contribution in [0.25, 0.3) is 0 Å². The fraction of sp³-hybridized carbons (Fsp3) is 0.200. The van der Waals surface area contributed by atoms with E-state index in [-0.39, 0.29) is 5.70 Å². The van der Waals surface area contributed by atoms with E-state index in [0.717, 1.165) is 0 Å². The number of alkyl halides is 3. The maximum atomic E-state index is 11.9. The molecule has 0 aliphatic carbocycles. The molecule has 1 aromatic heterocycles. The number of carbonyl (C=O) groups is 1. The highest BCUT2D eigenvalue weighted by Gasteiger charge is 2.36. The van der Waals surface area contributed by atoms with Crippen LogP contribution >= 0.6 is 0 Å². The molecule has 7 heteroatoms. The quantitative estimate of drug-likeness (QED) is 0.629. The number of ketones is 1. The predicted octanol–water partition coefficient (Wildman–Crippen LogP) is 2.03. The Labute approximate surface area is 95.5 Å². The lowest BCUT2D eigenvalue weighted by molar-refractivity contribution is -0.165. The molecular formula is C10H10F3N3O. The third kappa shape index (κ3) is 4.54. The molecule has 0 bridgehead atoms. The lowest BCUT2D eigenvalue weighted by Crippen LogP contribution is -2.25. The minimum Gasteiger partial charge on any atom is -0.304 e. The lowest BCUT2D eigenvalue weighted by atomic mass is 10.3. The first kappa shape index (κ1) is 13.0. The number of carbonyl (C=O) groups excluding carboxylic acids is 1. The topological polar surface area (TPSA) is 54.0 Å². The molecule has 1 aromatic rings. The fourth-order valence-corrected chi connectivity index (χ4v) is 0.914. The Bertz CT molecular complexity index is 415. The normalized spacial score (nSPS) is 12.1. The Morgan fingerprint density at radius 2 is 2.12 bits per heavy atom. The molecule has 0 amide bonds. The number of nitrogens with one attached hydrogen (secondary N) is 2. The van der Waals surface area contributed by atoms with Crippen molar-refractivity contribution in [2.45, 2.75) is 13.1 Å². The molecule has 0 aromatic carbocycles. The lowest BCUT2D eigenvalue weighted by Gasteiger charge is -2.09. The zero-order valence-corrected chi connectivity index (χ0v) is 8.88. The standard InChI is InChI=1S/C10H10F3N3O/c1-7(6-8(17)10(11,12)13)15-16-9-4-2-3-5-14-9/h2-6,15H,1H3,(H,14,16). The molecule has 4 nitrogen and oxygen atoms in total. The van der Waals surface area contributed by atoms with Gasteiger partial charge >= 0.3 is 6.18 Å². The van der Waals surface area contributed by atoms with Crippen molar-refractivity contribution in [3.05, 3.63) is 36.2 Å². The van der Waals surface area contributed by atoms with Gasteiger partial charge in [0.25, 0.3) is 5.78 Å². The van der Waals surface area contributed by atoms with Crippen LogP contribution in [0.4, 0.5) is 19.0 Å². The molecule has 1 heterocycles. The van der Waals surface area contributed by atoms with Crippen LogP contribution in [0.3, 0.4) is 0 Å². The van der Waals surface area contributed by atoms with Gasteiger partial charge in [0.05, 0.1) is 0 Å². The second kappa shape index (κ2) is 5.33. The van der Waals surface area contributed by atoms with Gasteiger partial charge in [-0.15, -0.1) is 0 Å². The summed E-state index contributed by atoms with van der Waals surface area (Å²) in [6, 6.07) is 5.02. The Kier molecular flexibility index (Phi) is 4.08. The van der Waals surface area contributed by atoms with Gasteiger partial charge in [-0.25, -0.2) is 4.98 Å². The highest BCUT2D eigenvalue weighted by Crippen LogP contribution is 2.16. The second-order valence-electron chi connectivity index (χ2n) is 3.15. The second-order valence-corrected chi connectivity index (χ2v) is 3.15. The molecule has 0 fully saturated rings. The first-order chi connectivity index (χ1) is 7.89. The van der Waals surface area contributed by atoms with E-state index in [2.05, 4.69) is 15.8 Å². The van der Waals surface area contributed by atoms with Crippen LogP contribution in [0.15, 0.2) is 36.2 Å². The monoisotopic (exact) mass is 245 g/mol. The molecule has 2 N–H and O–H groups in total. The first-order valence-electron chi connectivity index (χ1n) is 4.62. The molecule has 17 heavy (non-hydrogen) atoms. The van der Waals surface area contributed by atoms with Gasteiger partial charge in [0.15, 0.2) is 0 Å². The summed E-state index contributed by atoms with van der Waals surface area (Å²) in [7, 11) is 0. The summed E-state index contributed by atoms with van der Waals surface area (Å²) < 4.78 is 35.8. The van der Waals surface area contributed by atoms with Crippen molar-refractivity contribution in [2.75, 3.05) is 5.43 Å². The molecule has 0 aliphatic rings. The first-order valence-corrected chi connectivity index (χ1v) is 4.62. The smallest absolute Gasteiger partial charge is 0.304 e. The maximum Gasteiger partial charge on any atom is 0.454 e. The largest absolute Gasteiger partial charge is 0.454 e. The molecule has 92 valence electrons. The third-order valence-electron chi connectivity index (χ3n) is 1.68. The van der Waals surface area contributed by atoms with E-state index >= 15 is 0 Å². The molecule has 0 radical (unpaired) electrons. The number of hydrogen-bond acceptors (Lipinski definition) is 4. The summed E-state index contributed by atoms with van der Waals surface area (Å²) in [6.07, 6.45) is -2.87. The molecule has 0 unspecified atom stereocenters. The molecule has 0 saturated heterocycles. The van der Waals surface area contributed by atoms with Crippen molar-refractivity contribution < 1.29 is 18.0 Å². The molecule has 0 aliphatic heterocycles. The van der Waals surface area contributed by atoms with E-state index < -0.39 is 12.0 Å². The maximum absolute atomic E-state index is 11.9. The van der Waals surface area contributed by atoms with E-state index in [9.17, 15) is 18.0 Å². The highest BCUT2D eigenvalue weighted by molar-refractivity contribution is 5.94. The van der Waals surface area contributed by atoms with Crippen LogP contribution in [-0.2, 0) is 4.79 Å². The number of pyridine rings is 1. The fourth-order valence-electron chi connectivity index (χ4n) is 0.914. The SMILES string of the molecule is CC(=CC(=O)C(F)(F)F)NNc1ccccn1. The number of allylic oxidation sites excluding steroid dienone is 2. The van der Waals surface area contributed by atoms with Crippen molar-refractivity contribution >= 4 is 11.6 Å². The van der Waals surface area contributed by atoms with Gasteiger partial charge in [-0.3, -0.25) is 10.2 Å². The van der Waals surface area contributed by atoms with Crippen LogP contribution in [-0.4, -0.2) is 16.9 Å². The summed E-state index contributed by atoms with van der Waals surface area (Å²) in [5.74, 6) is -1.48.